The monoisotopic (exact) mass is 476 g/mol. The number of rotatable bonds is 10. The molecule has 0 saturated carbocycles. The topological polar surface area (TPSA) is 83.4 Å². The fraction of sp³-hybridized carbons (Fsp3) is 0.259. The van der Waals surface area contributed by atoms with Gasteiger partial charge in [0.15, 0.2) is 0 Å². The van der Waals surface area contributed by atoms with Crippen molar-refractivity contribution in [2.24, 2.45) is 16.1 Å². The highest BCUT2D eigenvalue weighted by molar-refractivity contribution is 6.04. The number of halogens is 1. The molecule has 0 aromatic heterocycles. The maximum atomic E-state index is 12.9. The van der Waals surface area contributed by atoms with Gasteiger partial charge in [0.1, 0.15) is 18.2 Å². The molecule has 182 valence electrons. The summed E-state index contributed by atoms with van der Waals surface area (Å²) < 4.78 is 18.7. The molecule has 1 N–H and O–H groups in total. The highest BCUT2D eigenvalue weighted by Crippen LogP contribution is 2.21. The first-order valence-electron chi connectivity index (χ1n) is 11.4. The minimum absolute atomic E-state index is 0.000171. The Balaban J connectivity index is 1.48. The molecule has 0 aliphatic carbocycles. The van der Waals surface area contributed by atoms with Crippen molar-refractivity contribution in [3.05, 3.63) is 84.2 Å². The molecule has 1 atom stereocenters. The van der Waals surface area contributed by atoms with Gasteiger partial charge in [0.2, 0.25) is 5.91 Å². The van der Waals surface area contributed by atoms with Crippen LogP contribution in [-0.2, 0) is 4.79 Å². The normalized spacial score (nSPS) is 11.8. The number of anilines is 1. The van der Waals surface area contributed by atoms with E-state index < -0.39 is 0 Å². The molecular weight excluding hydrogens is 447 g/mol. The summed E-state index contributed by atoms with van der Waals surface area (Å²) in [6.45, 7) is 4.77. The number of carbonyl (C=O) groups is 2. The number of carbonyl (C=O) groups excluding carboxylic acids is 2. The second-order valence-electron chi connectivity index (χ2n) is 8.12. The van der Waals surface area contributed by atoms with Crippen LogP contribution in [0.15, 0.2) is 83.0 Å². The maximum Gasteiger partial charge on any atom is 0.255 e. The summed E-state index contributed by atoms with van der Waals surface area (Å²) in [7, 11) is 1.77. The van der Waals surface area contributed by atoms with Crippen molar-refractivity contribution in [3.8, 4) is 5.75 Å². The van der Waals surface area contributed by atoms with E-state index in [-0.39, 0.29) is 23.5 Å². The Kier molecular flexibility index (Phi) is 9.06. The van der Waals surface area contributed by atoms with Crippen molar-refractivity contribution in [1.82, 2.24) is 4.90 Å². The largest absolute Gasteiger partial charge is 0.492 e. The summed E-state index contributed by atoms with van der Waals surface area (Å²) in [6.07, 6.45) is 0.806. The van der Waals surface area contributed by atoms with Crippen LogP contribution in [0.25, 0.3) is 0 Å². The number of benzene rings is 3. The van der Waals surface area contributed by atoms with Gasteiger partial charge in [0.05, 0.1) is 17.9 Å². The molecule has 0 unspecified atom stereocenters. The number of nitrogens with one attached hydrogen (secondary N) is 1. The summed E-state index contributed by atoms with van der Waals surface area (Å²) in [4.78, 5) is 26.3. The van der Waals surface area contributed by atoms with Gasteiger partial charge >= 0.3 is 0 Å². The highest BCUT2D eigenvalue weighted by atomic mass is 19.1. The average Bonchev–Trinajstić information content (AvgIpc) is 2.88. The van der Waals surface area contributed by atoms with Crippen LogP contribution in [0.4, 0.5) is 21.5 Å². The molecule has 2 amide bonds. The molecule has 3 rings (SSSR count). The van der Waals surface area contributed by atoms with Crippen LogP contribution >= 0.6 is 0 Å². The second-order valence-corrected chi connectivity index (χ2v) is 8.12. The Morgan fingerprint density at radius 3 is 2.09 bits per heavy atom. The molecule has 8 heteroatoms. The maximum absolute atomic E-state index is 12.9. The number of hydrogen-bond acceptors (Lipinski definition) is 5. The number of azo groups is 1. The number of hydrogen-bond donors (Lipinski definition) is 1. The van der Waals surface area contributed by atoms with E-state index in [4.69, 9.17) is 4.74 Å². The third kappa shape index (κ3) is 7.74. The predicted molar refractivity (Wildman–Crippen MR) is 134 cm³/mol. The van der Waals surface area contributed by atoms with Gasteiger partial charge in [-0.2, -0.15) is 10.2 Å². The molecule has 0 bridgehead atoms. The van der Waals surface area contributed by atoms with Crippen LogP contribution in [-0.4, -0.2) is 36.9 Å². The smallest absolute Gasteiger partial charge is 0.255 e. The molecule has 0 heterocycles. The van der Waals surface area contributed by atoms with E-state index >= 15 is 0 Å². The number of amides is 2. The van der Waals surface area contributed by atoms with Crippen LogP contribution < -0.4 is 10.1 Å². The molecule has 0 saturated heterocycles. The van der Waals surface area contributed by atoms with Crippen molar-refractivity contribution in [2.75, 3.05) is 25.5 Å². The standard InChI is InChI=1S/C27H29FN4O3/c1-4-19(2)27(34)32(3)17-18-35-25-15-5-20(6-16-25)26(33)29-22-11-13-24(14-12-22)31-30-23-9-7-21(28)8-10-23/h5-16,19H,4,17-18H2,1-3H3,(H,29,33)/b31-30+/t19-/m1/s1. The van der Waals surface area contributed by atoms with Gasteiger partial charge in [0, 0.05) is 24.2 Å². The molecular formula is C27H29FN4O3. The lowest BCUT2D eigenvalue weighted by atomic mass is 10.1. The summed E-state index contributed by atoms with van der Waals surface area (Å²) in [5.41, 5.74) is 2.25. The van der Waals surface area contributed by atoms with E-state index in [1.807, 2.05) is 13.8 Å². The zero-order valence-electron chi connectivity index (χ0n) is 20.1. The van der Waals surface area contributed by atoms with E-state index in [9.17, 15) is 14.0 Å². The lowest BCUT2D eigenvalue weighted by Crippen LogP contribution is -2.34. The average molecular weight is 477 g/mol. The summed E-state index contributed by atoms with van der Waals surface area (Å²) in [5, 5.41) is 11.0. The minimum Gasteiger partial charge on any atom is -0.492 e. The summed E-state index contributed by atoms with van der Waals surface area (Å²) >= 11 is 0. The Morgan fingerprint density at radius 1 is 0.943 bits per heavy atom. The van der Waals surface area contributed by atoms with Crippen molar-refractivity contribution in [1.29, 1.82) is 0 Å². The Labute approximate surface area is 204 Å². The molecule has 3 aromatic rings. The number of likely N-dealkylation sites (N-methyl/N-ethyl adjacent to an activating group) is 1. The van der Waals surface area contributed by atoms with Crippen molar-refractivity contribution in [2.45, 2.75) is 20.3 Å². The zero-order valence-corrected chi connectivity index (χ0v) is 20.1. The van der Waals surface area contributed by atoms with E-state index in [0.717, 1.165) is 6.42 Å². The molecule has 3 aromatic carbocycles. The predicted octanol–water partition coefficient (Wildman–Crippen LogP) is 6.38. The third-order valence-electron chi connectivity index (χ3n) is 5.45. The number of nitrogens with zero attached hydrogens (tertiary/aromatic N) is 3. The van der Waals surface area contributed by atoms with Gasteiger partial charge in [0.25, 0.3) is 5.91 Å². The molecule has 0 aliphatic rings. The second kappa shape index (κ2) is 12.4. The fourth-order valence-electron chi connectivity index (χ4n) is 3.10. The van der Waals surface area contributed by atoms with Gasteiger partial charge in [-0.05, 0) is 79.2 Å². The van der Waals surface area contributed by atoms with E-state index in [0.29, 0.717) is 41.5 Å². The van der Waals surface area contributed by atoms with Gasteiger partial charge in [-0.1, -0.05) is 13.8 Å². The Bertz CT molecular complexity index is 1150. The molecule has 0 aliphatic heterocycles. The van der Waals surface area contributed by atoms with Gasteiger partial charge in [-0.15, -0.1) is 0 Å². The highest BCUT2D eigenvalue weighted by Gasteiger charge is 2.15. The fourth-order valence-corrected chi connectivity index (χ4v) is 3.10. The van der Waals surface area contributed by atoms with Gasteiger partial charge < -0.3 is 15.0 Å². The summed E-state index contributed by atoms with van der Waals surface area (Å²) in [5.74, 6) is 0.147. The molecule has 0 spiro atoms. The Hall–Kier alpha value is -4.07. The van der Waals surface area contributed by atoms with Crippen LogP contribution in [0.3, 0.4) is 0 Å². The van der Waals surface area contributed by atoms with Crippen molar-refractivity contribution >= 4 is 28.9 Å². The first kappa shape index (κ1) is 25.6. The third-order valence-corrected chi connectivity index (χ3v) is 5.45. The van der Waals surface area contributed by atoms with E-state index in [1.165, 1.54) is 24.3 Å². The van der Waals surface area contributed by atoms with Crippen molar-refractivity contribution < 1.29 is 18.7 Å². The lowest BCUT2D eigenvalue weighted by molar-refractivity contribution is -0.134. The quantitative estimate of drug-likeness (QED) is 0.345. The first-order chi connectivity index (χ1) is 16.9. The minimum atomic E-state index is -0.329. The molecule has 0 fully saturated rings. The van der Waals surface area contributed by atoms with Crippen molar-refractivity contribution in [3.63, 3.8) is 0 Å². The van der Waals surface area contributed by atoms with Gasteiger partial charge in [-0.25, -0.2) is 4.39 Å². The lowest BCUT2D eigenvalue weighted by Gasteiger charge is -2.20. The number of ether oxygens (including phenoxy) is 1. The molecule has 35 heavy (non-hydrogen) atoms. The van der Waals surface area contributed by atoms with E-state index in [1.54, 1.807) is 60.5 Å². The molecule has 7 nitrogen and oxygen atoms in total. The Morgan fingerprint density at radius 2 is 1.51 bits per heavy atom. The summed E-state index contributed by atoms with van der Waals surface area (Å²) in [6, 6.07) is 19.4. The zero-order chi connectivity index (χ0) is 25.2. The SMILES string of the molecule is CC[C@@H](C)C(=O)N(C)CCOc1ccc(C(=O)Nc2ccc(/N=N/c3ccc(F)cc3)cc2)cc1. The first-order valence-corrected chi connectivity index (χ1v) is 11.4. The van der Waals surface area contributed by atoms with E-state index in [2.05, 4.69) is 15.5 Å². The van der Waals surface area contributed by atoms with Crippen LogP contribution in [0, 0.1) is 11.7 Å². The van der Waals surface area contributed by atoms with Crippen LogP contribution in [0.5, 0.6) is 5.75 Å². The van der Waals surface area contributed by atoms with Crippen LogP contribution in [0.1, 0.15) is 30.6 Å². The molecule has 0 radical (unpaired) electrons. The van der Waals surface area contributed by atoms with Gasteiger partial charge in [-0.3, -0.25) is 9.59 Å². The van der Waals surface area contributed by atoms with Crippen LogP contribution in [0.2, 0.25) is 0 Å².